The fourth-order valence-corrected chi connectivity index (χ4v) is 2.08. The van der Waals surface area contributed by atoms with Crippen LogP contribution in [0.5, 0.6) is 0 Å². The van der Waals surface area contributed by atoms with Crippen LogP contribution in [0.15, 0.2) is 4.79 Å². The number of aromatic nitrogens is 2. The molecule has 21 heavy (non-hydrogen) atoms. The molecule has 0 spiro atoms. The second-order valence-electron chi connectivity index (χ2n) is 5.86. The Labute approximate surface area is 125 Å². The Balaban J connectivity index is 2.99. The highest BCUT2D eigenvalue weighted by Gasteiger charge is 2.28. The third-order valence-corrected chi connectivity index (χ3v) is 4.23. The molecule has 1 aromatic heterocycles. The minimum Gasteiger partial charge on any atom is -0.388 e. The van der Waals surface area contributed by atoms with Crippen LogP contribution in [0.1, 0.15) is 48.8 Å². The van der Waals surface area contributed by atoms with Crippen LogP contribution < -0.4 is 10.9 Å². The standard InChI is InChI=1S/C15H25N3O3/c1-7-9(2)15(5,21)8-16-13(19)12-10(3)11(4)17-18(6)14(12)20/h9,21H,7-8H2,1-6H3,(H,16,19). The minimum atomic E-state index is -1.01. The second-order valence-corrected chi connectivity index (χ2v) is 5.86. The van der Waals surface area contributed by atoms with Crippen LogP contribution in [0.2, 0.25) is 0 Å². The fraction of sp³-hybridized carbons (Fsp3) is 0.667. The first-order valence-corrected chi connectivity index (χ1v) is 7.16. The molecule has 2 unspecified atom stereocenters. The Kier molecular flexibility index (Phi) is 5.28. The maximum Gasteiger partial charge on any atom is 0.279 e. The van der Waals surface area contributed by atoms with Gasteiger partial charge in [0.15, 0.2) is 0 Å². The maximum atomic E-state index is 12.3. The Bertz CT molecular complexity index is 591. The number of aliphatic hydroxyl groups is 1. The van der Waals surface area contributed by atoms with Crippen molar-refractivity contribution in [2.24, 2.45) is 13.0 Å². The molecule has 1 amide bonds. The van der Waals surface area contributed by atoms with Gasteiger partial charge in [0.05, 0.1) is 11.3 Å². The van der Waals surface area contributed by atoms with Crippen molar-refractivity contribution in [2.75, 3.05) is 6.54 Å². The molecule has 6 nitrogen and oxygen atoms in total. The Morgan fingerprint density at radius 2 is 2.05 bits per heavy atom. The topological polar surface area (TPSA) is 84.2 Å². The van der Waals surface area contributed by atoms with E-state index in [0.717, 1.165) is 11.1 Å². The van der Waals surface area contributed by atoms with Crippen LogP contribution in [0.4, 0.5) is 0 Å². The normalized spacial score (nSPS) is 15.4. The van der Waals surface area contributed by atoms with Crippen molar-refractivity contribution >= 4 is 5.91 Å². The summed E-state index contributed by atoms with van der Waals surface area (Å²) in [7, 11) is 1.51. The molecule has 2 atom stereocenters. The Hall–Kier alpha value is -1.69. The number of hydrogen-bond donors (Lipinski definition) is 2. The maximum absolute atomic E-state index is 12.3. The quantitative estimate of drug-likeness (QED) is 0.846. The van der Waals surface area contributed by atoms with Crippen LogP contribution in [0, 0.1) is 19.8 Å². The van der Waals surface area contributed by atoms with Gasteiger partial charge >= 0.3 is 0 Å². The summed E-state index contributed by atoms with van der Waals surface area (Å²) in [5, 5.41) is 17.0. The lowest BCUT2D eigenvalue weighted by Gasteiger charge is -2.29. The van der Waals surface area contributed by atoms with E-state index >= 15 is 0 Å². The number of hydrogen-bond acceptors (Lipinski definition) is 4. The molecular weight excluding hydrogens is 270 g/mol. The highest BCUT2D eigenvalue weighted by atomic mass is 16.3. The molecule has 0 aliphatic heterocycles. The summed E-state index contributed by atoms with van der Waals surface area (Å²) in [6.45, 7) is 9.14. The number of carbonyl (C=O) groups is 1. The van der Waals surface area contributed by atoms with Crippen molar-refractivity contribution in [1.29, 1.82) is 0 Å². The van der Waals surface area contributed by atoms with E-state index in [-0.39, 0.29) is 18.0 Å². The molecule has 0 radical (unpaired) electrons. The number of nitrogens with one attached hydrogen (secondary N) is 1. The third-order valence-electron chi connectivity index (χ3n) is 4.23. The average molecular weight is 295 g/mol. The molecule has 0 saturated heterocycles. The van der Waals surface area contributed by atoms with Crippen molar-refractivity contribution in [3.8, 4) is 0 Å². The summed E-state index contributed by atoms with van der Waals surface area (Å²) < 4.78 is 1.16. The molecule has 0 fully saturated rings. The van der Waals surface area contributed by atoms with Gasteiger partial charge < -0.3 is 10.4 Å². The SMILES string of the molecule is CCC(C)C(C)(O)CNC(=O)c1c(C)c(C)nn(C)c1=O. The first-order chi connectivity index (χ1) is 9.61. The predicted molar refractivity (Wildman–Crippen MR) is 81.4 cm³/mol. The smallest absolute Gasteiger partial charge is 0.279 e. The van der Waals surface area contributed by atoms with Crippen molar-refractivity contribution in [2.45, 2.75) is 46.6 Å². The average Bonchev–Trinajstić information content (AvgIpc) is 2.42. The van der Waals surface area contributed by atoms with Crippen LogP contribution in [-0.2, 0) is 7.05 Å². The molecule has 0 aliphatic rings. The molecule has 0 aliphatic carbocycles. The molecule has 1 heterocycles. The molecule has 0 aromatic carbocycles. The van der Waals surface area contributed by atoms with Gasteiger partial charge in [-0.3, -0.25) is 9.59 Å². The monoisotopic (exact) mass is 295 g/mol. The fourth-order valence-electron chi connectivity index (χ4n) is 2.08. The molecule has 0 bridgehead atoms. The van der Waals surface area contributed by atoms with Gasteiger partial charge in [-0.05, 0) is 32.3 Å². The van der Waals surface area contributed by atoms with E-state index in [1.54, 1.807) is 20.8 Å². The van der Waals surface area contributed by atoms with Crippen molar-refractivity contribution in [1.82, 2.24) is 15.1 Å². The lowest BCUT2D eigenvalue weighted by atomic mass is 9.88. The largest absolute Gasteiger partial charge is 0.388 e. The van der Waals surface area contributed by atoms with Gasteiger partial charge in [0.25, 0.3) is 11.5 Å². The molecule has 1 aromatic rings. The number of amides is 1. The van der Waals surface area contributed by atoms with Gasteiger partial charge in [-0.1, -0.05) is 20.3 Å². The number of nitrogens with zero attached hydrogens (tertiary/aromatic N) is 2. The molecule has 6 heteroatoms. The lowest BCUT2D eigenvalue weighted by Crippen LogP contribution is -2.46. The highest BCUT2D eigenvalue weighted by Crippen LogP contribution is 2.19. The van der Waals surface area contributed by atoms with Crippen molar-refractivity contribution in [3.63, 3.8) is 0 Å². The van der Waals surface area contributed by atoms with Crippen molar-refractivity contribution in [3.05, 3.63) is 27.2 Å². The Morgan fingerprint density at radius 3 is 2.57 bits per heavy atom. The minimum absolute atomic E-state index is 0.0425. The summed E-state index contributed by atoms with van der Waals surface area (Å²) in [5.41, 5.74) is -0.149. The van der Waals surface area contributed by atoms with Crippen LogP contribution >= 0.6 is 0 Å². The summed E-state index contributed by atoms with van der Waals surface area (Å²) in [4.78, 5) is 24.4. The zero-order valence-corrected chi connectivity index (χ0v) is 13.6. The van der Waals surface area contributed by atoms with Crippen LogP contribution in [-0.4, -0.2) is 32.9 Å². The molecule has 0 saturated carbocycles. The lowest BCUT2D eigenvalue weighted by molar-refractivity contribution is 0.00589. The summed E-state index contributed by atoms with van der Waals surface area (Å²) in [5.74, 6) is -0.428. The Morgan fingerprint density at radius 1 is 1.48 bits per heavy atom. The highest BCUT2D eigenvalue weighted by molar-refractivity contribution is 5.95. The van der Waals surface area contributed by atoms with Gasteiger partial charge in [0.1, 0.15) is 5.56 Å². The second kappa shape index (κ2) is 6.39. The van der Waals surface area contributed by atoms with Gasteiger partial charge in [-0.2, -0.15) is 5.10 Å². The van der Waals surface area contributed by atoms with E-state index in [9.17, 15) is 14.7 Å². The summed E-state index contributed by atoms with van der Waals surface area (Å²) in [6.07, 6.45) is 0.804. The predicted octanol–water partition coefficient (Wildman–Crippen LogP) is 0.924. The van der Waals surface area contributed by atoms with E-state index in [2.05, 4.69) is 10.4 Å². The zero-order valence-electron chi connectivity index (χ0n) is 13.6. The van der Waals surface area contributed by atoms with Gasteiger partial charge in [0, 0.05) is 13.6 Å². The number of rotatable bonds is 5. The molecule has 2 N–H and O–H groups in total. The van der Waals surface area contributed by atoms with Gasteiger partial charge in [-0.15, -0.1) is 0 Å². The van der Waals surface area contributed by atoms with E-state index < -0.39 is 17.1 Å². The van der Waals surface area contributed by atoms with Gasteiger partial charge in [-0.25, -0.2) is 4.68 Å². The molecular formula is C15H25N3O3. The zero-order chi connectivity index (χ0) is 16.4. The molecule has 118 valence electrons. The van der Waals surface area contributed by atoms with Crippen LogP contribution in [0.25, 0.3) is 0 Å². The van der Waals surface area contributed by atoms with E-state index in [1.165, 1.54) is 7.05 Å². The number of aryl methyl sites for hydroxylation is 2. The van der Waals surface area contributed by atoms with Crippen LogP contribution in [0.3, 0.4) is 0 Å². The van der Waals surface area contributed by atoms with Crippen molar-refractivity contribution < 1.29 is 9.90 Å². The molecule has 1 rings (SSSR count). The van der Waals surface area contributed by atoms with E-state index in [4.69, 9.17) is 0 Å². The number of carbonyl (C=O) groups excluding carboxylic acids is 1. The van der Waals surface area contributed by atoms with E-state index in [0.29, 0.717) is 11.3 Å². The first kappa shape index (κ1) is 17.4. The summed E-state index contributed by atoms with van der Waals surface area (Å²) >= 11 is 0. The third kappa shape index (κ3) is 3.69. The first-order valence-electron chi connectivity index (χ1n) is 7.16. The van der Waals surface area contributed by atoms with Gasteiger partial charge in [0.2, 0.25) is 0 Å². The summed E-state index contributed by atoms with van der Waals surface area (Å²) in [6, 6.07) is 0. The van der Waals surface area contributed by atoms with E-state index in [1.807, 2.05) is 13.8 Å².